The van der Waals surface area contributed by atoms with Crippen molar-refractivity contribution in [2.75, 3.05) is 25.1 Å². The molecule has 0 saturated heterocycles. The molecule has 1 aromatic heterocycles. The summed E-state index contributed by atoms with van der Waals surface area (Å²) < 4.78 is 6.99. The summed E-state index contributed by atoms with van der Waals surface area (Å²) in [7, 11) is 1.86. The third kappa shape index (κ3) is 2.93. The second-order valence-corrected chi connectivity index (χ2v) is 3.86. The fourth-order valence-corrected chi connectivity index (χ4v) is 1.79. The van der Waals surface area contributed by atoms with Crippen LogP contribution in [0.2, 0.25) is 0 Å². The van der Waals surface area contributed by atoms with Crippen LogP contribution in [0.3, 0.4) is 0 Å². The molecule has 0 amide bonds. The van der Waals surface area contributed by atoms with Crippen molar-refractivity contribution < 1.29 is 4.74 Å². The summed E-state index contributed by atoms with van der Waals surface area (Å²) in [5.74, 6) is 0.852. The van der Waals surface area contributed by atoms with Crippen LogP contribution >= 0.6 is 12.2 Å². The second kappa shape index (κ2) is 5.81. The molecule has 0 fully saturated rings. The molecular weight excluding hydrogens is 224 g/mol. The maximum absolute atomic E-state index is 5.67. The number of aromatic nitrogens is 2. The van der Waals surface area contributed by atoms with Gasteiger partial charge in [0.2, 0.25) is 0 Å². The van der Waals surface area contributed by atoms with Gasteiger partial charge in [-0.2, -0.15) is 5.10 Å². The van der Waals surface area contributed by atoms with Crippen molar-refractivity contribution in [3.63, 3.8) is 0 Å². The molecule has 0 bridgehead atoms. The molecule has 1 aromatic rings. The standard InChI is InChI=1S/C10H18N4OS/c1-4-15-6-5-12-10-8(9(11)16)7(2)13-14(10)3/h12H,4-6H2,1-3H3,(H2,11,16). The van der Waals surface area contributed by atoms with E-state index in [0.717, 1.165) is 17.1 Å². The molecular formula is C10H18N4OS. The van der Waals surface area contributed by atoms with Gasteiger partial charge < -0.3 is 15.8 Å². The van der Waals surface area contributed by atoms with Crippen LogP contribution in [0.5, 0.6) is 0 Å². The highest BCUT2D eigenvalue weighted by molar-refractivity contribution is 7.80. The molecule has 0 aliphatic carbocycles. The number of anilines is 1. The summed E-state index contributed by atoms with van der Waals surface area (Å²) in [6, 6.07) is 0. The fourth-order valence-electron chi connectivity index (χ4n) is 1.54. The van der Waals surface area contributed by atoms with E-state index in [1.54, 1.807) is 4.68 Å². The first kappa shape index (κ1) is 12.9. The molecule has 1 rings (SSSR count). The number of ether oxygens (including phenoxy) is 1. The Morgan fingerprint density at radius 3 is 2.88 bits per heavy atom. The van der Waals surface area contributed by atoms with Crippen LogP contribution < -0.4 is 11.1 Å². The summed E-state index contributed by atoms with van der Waals surface area (Å²) in [6.07, 6.45) is 0. The van der Waals surface area contributed by atoms with Gasteiger partial charge in [-0.25, -0.2) is 0 Å². The minimum atomic E-state index is 0.365. The van der Waals surface area contributed by atoms with Crippen LogP contribution in [0.25, 0.3) is 0 Å². The Morgan fingerprint density at radius 1 is 1.62 bits per heavy atom. The lowest BCUT2D eigenvalue weighted by molar-refractivity contribution is 0.158. The molecule has 90 valence electrons. The average molecular weight is 242 g/mol. The lowest BCUT2D eigenvalue weighted by Gasteiger charge is -2.08. The first-order valence-electron chi connectivity index (χ1n) is 5.23. The molecule has 0 spiro atoms. The summed E-state index contributed by atoms with van der Waals surface area (Å²) in [6.45, 7) is 5.94. The van der Waals surface area contributed by atoms with Crippen LogP contribution in [0.4, 0.5) is 5.82 Å². The van der Waals surface area contributed by atoms with Gasteiger partial charge in [0.15, 0.2) is 0 Å². The maximum Gasteiger partial charge on any atom is 0.134 e. The summed E-state index contributed by atoms with van der Waals surface area (Å²) in [5, 5.41) is 7.50. The highest BCUT2D eigenvalue weighted by Gasteiger charge is 2.14. The van der Waals surface area contributed by atoms with Crippen molar-refractivity contribution in [2.24, 2.45) is 12.8 Å². The fraction of sp³-hybridized carbons (Fsp3) is 0.600. The van der Waals surface area contributed by atoms with Gasteiger partial charge in [0.1, 0.15) is 10.8 Å². The van der Waals surface area contributed by atoms with Crippen LogP contribution in [0.1, 0.15) is 18.2 Å². The topological polar surface area (TPSA) is 65.1 Å². The number of nitrogens with one attached hydrogen (secondary N) is 1. The molecule has 16 heavy (non-hydrogen) atoms. The van der Waals surface area contributed by atoms with E-state index in [0.29, 0.717) is 24.7 Å². The lowest BCUT2D eigenvalue weighted by atomic mass is 10.2. The highest BCUT2D eigenvalue weighted by atomic mass is 32.1. The zero-order valence-electron chi connectivity index (χ0n) is 9.91. The smallest absolute Gasteiger partial charge is 0.134 e. The van der Waals surface area contributed by atoms with Gasteiger partial charge in [-0.15, -0.1) is 0 Å². The quantitative estimate of drug-likeness (QED) is 0.571. The van der Waals surface area contributed by atoms with Crippen molar-refractivity contribution in [3.05, 3.63) is 11.3 Å². The van der Waals surface area contributed by atoms with Crippen molar-refractivity contribution >= 4 is 23.0 Å². The van der Waals surface area contributed by atoms with Gasteiger partial charge in [-0.3, -0.25) is 4.68 Å². The molecule has 6 heteroatoms. The third-order valence-electron chi connectivity index (χ3n) is 2.21. The summed E-state index contributed by atoms with van der Waals surface area (Å²) in [5.41, 5.74) is 7.32. The van der Waals surface area contributed by atoms with E-state index in [-0.39, 0.29) is 0 Å². The van der Waals surface area contributed by atoms with Crippen molar-refractivity contribution in [1.29, 1.82) is 0 Å². The minimum absolute atomic E-state index is 0.365. The van der Waals surface area contributed by atoms with Crippen molar-refractivity contribution in [3.8, 4) is 0 Å². The molecule has 0 aliphatic rings. The highest BCUT2D eigenvalue weighted by Crippen LogP contribution is 2.17. The molecule has 0 radical (unpaired) electrons. The van der Waals surface area contributed by atoms with E-state index in [2.05, 4.69) is 10.4 Å². The van der Waals surface area contributed by atoms with Gasteiger partial charge in [0.05, 0.1) is 17.9 Å². The molecule has 1 heterocycles. The Hall–Kier alpha value is -1.14. The number of thiocarbonyl (C=S) groups is 1. The maximum atomic E-state index is 5.67. The molecule has 0 aliphatic heterocycles. The Bertz CT molecular complexity index is 375. The Kier molecular flexibility index (Phi) is 4.70. The molecule has 0 atom stereocenters. The predicted octanol–water partition coefficient (Wildman–Crippen LogP) is 0.811. The Labute approximate surface area is 101 Å². The number of nitrogens with zero attached hydrogens (tertiary/aromatic N) is 2. The first-order chi connectivity index (χ1) is 7.57. The van der Waals surface area contributed by atoms with Gasteiger partial charge >= 0.3 is 0 Å². The van der Waals surface area contributed by atoms with E-state index in [9.17, 15) is 0 Å². The normalized spacial score (nSPS) is 10.4. The molecule has 0 unspecified atom stereocenters. The summed E-state index contributed by atoms with van der Waals surface area (Å²) in [4.78, 5) is 0.365. The third-order valence-corrected chi connectivity index (χ3v) is 2.42. The number of rotatable bonds is 6. The average Bonchev–Trinajstić information content (AvgIpc) is 2.48. The van der Waals surface area contributed by atoms with Gasteiger partial charge in [0, 0.05) is 20.2 Å². The number of hydrogen-bond donors (Lipinski definition) is 2. The van der Waals surface area contributed by atoms with Gasteiger partial charge in [0.25, 0.3) is 0 Å². The zero-order chi connectivity index (χ0) is 12.1. The number of nitrogens with two attached hydrogens (primary N) is 1. The van der Waals surface area contributed by atoms with E-state index in [4.69, 9.17) is 22.7 Å². The predicted molar refractivity (Wildman–Crippen MR) is 68.8 cm³/mol. The van der Waals surface area contributed by atoms with Crippen LogP contribution in [-0.4, -0.2) is 34.5 Å². The molecule has 0 saturated carbocycles. The van der Waals surface area contributed by atoms with Crippen molar-refractivity contribution in [2.45, 2.75) is 13.8 Å². The Balaban J connectivity index is 2.74. The lowest BCUT2D eigenvalue weighted by Crippen LogP contribution is -2.17. The van der Waals surface area contributed by atoms with E-state index < -0.39 is 0 Å². The number of aryl methyl sites for hydroxylation is 2. The molecule has 0 aromatic carbocycles. The zero-order valence-corrected chi connectivity index (χ0v) is 10.7. The molecule has 3 N–H and O–H groups in total. The Morgan fingerprint density at radius 2 is 2.31 bits per heavy atom. The van der Waals surface area contributed by atoms with Crippen LogP contribution in [-0.2, 0) is 11.8 Å². The van der Waals surface area contributed by atoms with Gasteiger partial charge in [-0.1, -0.05) is 12.2 Å². The van der Waals surface area contributed by atoms with Crippen molar-refractivity contribution in [1.82, 2.24) is 9.78 Å². The van der Waals surface area contributed by atoms with Crippen LogP contribution in [0.15, 0.2) is 0 Å². The minimum Gasteiger partial charge on any atom is -0.389 e. The van der Waals surface area contributed by atoms with Gasteiger partial charge in [-0.05, 0) is 13.8 Å². The van der Waals surface area contributed by atoms with E-state index in [1.165, 1.54) is 0 Å². The first-order valence-corrected chi connectivity index (χ1v) is 5.63. The SMILES string of the molecule is CCOCCNc1c(C(N)=S)c(C)nn1C. The largest absolute Gasteiger partial charge is 0.389 e. The molecule has 5 nitrogen and oxygen atoms in total. The van der Waals surface area contributed by atoms with Crippen LogP contribution in [0, 0.1) is 6.92 Å². The summed E-state index contributed by atoms with van der Waals surface area (Å²) >= 11 is 5.01. The number of hydrogen-bond acceptors (Lipinski definition) is 4. The second-order valence-electron chi connectivity index (χ2n) is 3.42. The van der Waals surface area contributed by atoms with E-state index in [1.807, 2.05) is 20.9 Å². The monoisotopic (exact) mass is 242 g/mol. The van der Waals surface area contributed by atoms with E-state index >= 15 is 0 Å².